The number of methoxy groups -OCH3 is 2. The number of carbonyl (C=O) groups excluding carboxylic acids is 2. The average molecular weight is 445 g/mol. The lowest BCUT2D eigenvalue weighted by Crippen LogP contribution is -2.31. The molecular formula is C19H27NO9S. The molecule has 0 saturated carbocycles. The van der Waals surface area contributed by atoms with Crippen molar-refractivity contribution in [2.24, 2.45) is 0 Å². The van der Waals surface area contributed by atoms with Crippen molar-refractivity contribution in [1.82, 2.24) is 4.57 Å². The first kappa shape index (κ1) is 24.4. The maximum absolute atomic E-state index is 12.5. The fraction of sp³-hybridized carbons (Fsp3) is 0.632. The van der Waals surface area contributed by atoms with Gasteiger partial charge < -0.3 is 28.4 Å². The highest BCUT2D eigenvalue weighted by atomic mass is 32.2. The third kappa shape index (κ3) is 7.40. The Morgan fingerprint density at radius 3 is 2.17 bits per heavy atom. The second-order valence-electron chi connectivity index (χ2n) is 6.13. The third-order valence-electron chi connectivity index (χ3n) is 4.04. The molecule has 0 saturated heterocycles. The number of aromatic nitrogens is 1. The Bertz CT molecular complexity index is 752. The van der Waals surface area contributed by atoms with Crippen molar-refractivity contribution >= 4 is 23.7 Å². The van der Waals surface area contributed by atoms with Crippen molar-refractivity contribution in [3.05, 3.63) is 28.0 Å². The van der Waals surface area contributed by atoms with Gasteiger partial charge >= 0.3 is 11.9 Å². The summed E-state index contributed by atoms with van der Waals surface area (Å²) in [7, 11) is 3.14. The summed E-state index contributed by atoms with van der Waals surface area (Å²) < 4.78 is 31.8. The summed E-state index contributed by atoms with van der Waals surface area (Å²) in [5.74, 6) is -0.780. The molecule has 0 N–H and O–H groups in total. The number of carbonyl (C=O) groups is 2. The molecule has 11 heteroatoms. The minimum Gasteiger partial charge on any atom is -0.462 e. The van der Waals surface area contributed by atoms with E-state index in [1.165, 1.54) is 16.3 Å². The number of fused-ring (bicyclic) bond motifs is 1. The molecular weight excluding hydrogens is 418 g/mol. The molecule has 30 heavy (non-hydrogen) atoms. The number of thioether (sulfide) groups is 1. The molecule has 168 valence electrons. The van der Waals surface area contributed by atoms with E-state index in [1.54, 1.807) is 20.3 Å². The van der Waals surface area contributed by atoms with Crippen LogP contribution in [0, 0.1) is 0 Å². The van der Waals surface area contributed by atoms with Gasteiger partial charge in [-0.3, -0.25) is 9.36 Å². The van der Waals surface area contributed by atoms with Crippen LogP contribution in [0.4, 0.5) is 0 Å². The van der Waals surface area contributed by atoms with E-state index in [2.05, 4.69) is 0 Å². The SMILES string of the molecule is COCCOCCOC(=O)c1cc2n(c(=O)c1)C(C(=O)OCCOCCOC)CS2. The second kappa shape index (κ2) is 13.4. The highest BCUT2D eigenvalue weighted by Crippen LogP contribution is 2.32. The smallest absolute Gasteiger partial charge is 0.338 e. The van der Waals surface area contributed by atoms with Crippen molar-refractivity contribution < 1.29 is 38.0 Å². The van der Waals surface area contributed by atoms with Crippen LogP contribution in [-0.4, -0.2) is 89.3 Å². The summed E-state index contributed by atoms with van der Waals surface area (Å²) in [5, 5.41) is 0.518. The topological polar surface area (TPSA) is 112 Å². The van der Waals surface area contributed by atoms with Crippen LogP contribution in [0.5, 0.6) is 0 Å². The summed E-state index contributed by atoms with van der Waals surface area (Å²) in [6.45, 7) is 2.36. The van der Waals surface area contributed by atoms with Crippen LogP contribution in [0.1, 0.15) is 16.4 Å². The molecule has 1 aromatic heterocycles. The van der Waals surface area contributed by atoms with Crippen molar-refractivity contribution in [2.45, 2.75) is 11.1 Å². The van der Waals surface area contributed by atoms with Gasteiger partial charge in [-0.1, -0.05) is 0 Å². The number of nitrogens with zero attached hydrogens (tertiary/aromatic N) is 1. The lowest BCUT2D eigenvalue weighted by atomic mass is 10.2. The van der Waals surface area contributed by atoms with Gasteiger partial charge in [0, 0.05) is 26.0 Å². The molecule has 2 heterocycles. The van der Waals surface area contributed by atoms with Crippen LogP contribution in [0.3, 0.4) is 0 Å². The van der Waals surface area contributed by atoms with E-state index in [0.29, 0.717) is 37.2 Å². The number of esters is 2. The summed E-state index contributed by atoms with van der Waals surface area (Å²) in [6.07, 6.45) is 0. The third-order valence-corrected chi connectivity index (χ3v) is 5.13. The largest absolute Gasteiger partial charge is 0.462 e. The quantitative estimate of drug-likeness (QED) is 0.297. The molecule has 1 unspecified atom stereocenters. The zero-order chi connectivity index (χ0) is 21.8. The molecule has 1 atom stereocenters. The van der Waals surface area contributed by atoms with Gasteiger partial charge in [-0.15, -0.1) is 11.8 Å². The van der Waals surface area contributed by atoms with Crippen molar-refractivity contribution in [2.75, 3.05) is 72.8 Å². The number of hydrogen-bond acceptors (Lipinski definition) is 10. The molecule has 1 aliphatic rings. The molecule has 0 aromatic carbocycles. The van der Waals surface area contributed by atoms with E-state index in [-0.39, 0.29) is 32.0 Å². The Balaban J connectivity index is 1.86. The van der Waals surface area contributed by atoms with Crippen molar-refractivity contribution in [3.8, 4) is 0 Å². The van der Waals surface area contributed by atoms with Crippen LogP contribution in [-0.2, 0) is 33.2 Å². The van der Waals surface area contributed by atoms with Crippen LogP contribution in [0.2, 0.25) is 0 Å². The molecule has 0 fully saturated rings. The normalized spacial score (nSPS) is 15.1. The van der Waals surface area contributed by atoms with E-state index in [4.69, 9.17) is 28.4 Å². The zero-order valence-corrected chi connectivity index (χ0v) is 17.9. The Kier molecular flexibility index (Phi) is 10.9. The lowest BCUT2D eigenvalue weighted by molar-refractivity contribution is -0.148. The van der Waals surface area contributed by atoms with E-state index in [9.17, 15) is 14.4 Å². The second-order valence-corrected chi connectivity index (χ2v) is 7.17. The number of ether oxygens (including phenoxy) is 6. The van der Waals surface area contributed by atoms with E-state index in [1.807, 2.05) is 0 Å². The predicted octanol–water partition coefficient (Wildman–Crippen LogP) is 0.521. The molecule has 10 nitrogen and oxygen atoms in total. The summed E-state index contributed by atoms with van der Waals surface area (Å²) >= 11 is 1.31. The predicted molar refractivity (Wildman–Crippen MR) is 107 cm³/mol. The first-order valence-corrected chi connectivity index (χ1v) is 10.4. The van der Waals surface area contributed by atoms with Gasteiger partial charge in [0.05, 0.1) is 50.2 Å². The number of hydrogen-bond donors (Lipinski definition) is 0. The van der Waals surface area contributed by atoms with Crippen LogP contribution >= 0.6 is 11.8 Å². The van der Waals surface area contributed by atoms with Gasteiger partial charge in [0.1, 0.15) is 19.3 Å². The Morgan fingerprint density at radius 2 is 1.53 bits per heavy atom. The number of rotatable bonds is 14. The molecule has 1 aliphatic heterocycles. The molecule has 0 radical (unpaired) electrons. The van der Waals surface area contributed by atoms with E-state index >= 15 is 0 Å². The monoisotopic (exact) mass is 445 g/mol. The van der Waals surface area contributed by atoms with Crippen LogP contribution < -0.4 is 5.56 Å². The summed E-state index contributed by atoms with van der Waals surface area (Å²) in [4.78, 5) is 37.0. The molecule has 0 amide bonds. The van der Waals surface area contributed by atoms with E-state index in [0.717, 1.165) is 6.07 Å². The van der Waals surface area contributed by atoms with Crippen LogP contribution in [0.15, 0.2) is 22.0 Å². The van der Waals surface area contributed by atoms with Gasteiger partial charge in [0.2, 0.25) is 0 Å². The standard InChI is InChI=1S/C19H27NO9S/c1-24-3-5-26-7-9-28-18(22)14-11-16(21)20-15(13-30-17(20)12-14)19(23)29-10-8-27-6-4-25-2/h11-12,15H,3-10,13H2,1-2H3. The molecule has 2 rings (SSSR count). The molecule has 1 aromatic rings. The highest BCUT2D eigenvalue weighted by molar-refractivity contribution is 7.99. The van der Waals surface area contributed by atoms with Gasteiger partial charge in [0.25, 0.3) is 5.56 Å². The fourth-order valence-corrected chi connectivity index (χ4v) is 3.75. The fourth-order valence-electron chi connectivity index (χ4n) is 2.57. The van der Waals surface area contributed by atoms with E-state index < -0.39 is 23.5 Å². The van der Waals surface area contributed by atoms with Gasteiger partial charge in [-0.25, -0.2) is 9.59 Å². The first-order valence-electron chi connectivity index (χ1n) is 9.45. The Labute approximate surface area is 178 Å². The maximum atomic E-state index is 12.5. The minimum absolute atomic E-state index is 0.0650. The Hall–Kier alpha value is -1.92. The van der Waals surface area contributed by atoms with Crippen molar-refractivity contribution in [3.63, 3.8) is 0 Å². The van der Waals surface area contributed by atoms with Gasteiger partial charge in [0.15, 0.2) is 0 Å². The zero-order valence-electron chi connectivity index (χ0n) is 17.1. The summed E-state index contributed by atoms with van der Waals surface area (Å²) in [5.41, 5.74) is -0.324. The average Bonchev–Trinajstić information content (AvgIpc) is 3.17. The molecule has 0 bridgehead atoms. The molecule has 0 aliphatic carbocycles. The van der Waals surface area contributed by atoms with Crippen LogP contribution in [0.25, 0.3) is 0 Å². The molecule has 0 spiro atoms. The lowest BCUT2D eigenvalue weighted by Gasteiger charge is -2.14. The van der Waals surface area contributed by atoms with Gasteiger partial charge in [-0.05, 0) is 6.07 Å². The van der Waals surface area contributed by atoms with Crippen molar-refractivity contribution in [1.29, 1.82) is 0 Å². The first-order chi connectivity index (χ1) is 14.6. The summed E-state index contributed by atoms with van der Waals surface area (Å²) in [6, 6.07) is 1.97. The highest BCUT2D eigenvalue weighted by Gasteiger charge is 2.32. The Morgan fingerprint density at radius 1 is 0.933 bits per heavy atom. The number of pyridine rings is 1. The maximum Gasteiger partial charge on any atom is 0.338 e. The van der Waals surface area contributed by atoms with Gasteiger partial charge in [-0.2, -0.15) is 0 Å². The minimum atomic E-state index is -0.740.